The van der Waals surface area contributed by atoms with Gasteiger partial charge < -0.3 is 38.3 Å². The number of aromatic nitrogens is 1. The fourth-order valence-corrected chi connectivity index (χ4v) is 7.37. The zero-order valence-electron chi connectivity index (χ0n) is 32.3. The van der Waals surface area contributed by atoms with E-state index in [4.69, 9.17) is 40.0 Å². The summed E-state index contributed by atoms with van der Waals surface area (Å²) < 4.78 is 32.7. The number of carbonyl (C=O) groups excluding carboxylic acids is 3. The summed E-state index contributed by atoms with van der Waals surface area (Å²) in [7, 11) is 5.90. The van der Waals surface area contributed by atoms with Gasteiger partial charge in [0, 0.05) is 46.4 Å². The maximum Gasteiger partial charge on any atom is 0.411 e. The summed E-state index contributed by atoms with van der Waals surface area (Å²) >= 11 is 6.51. The highest BCUT2D eigenvalue weighted by Gasteiger charge is 2.36. The number of alkyl halides is 1. The number of anilines is 3. The van der Waals surface area contributed by atoms with Crippen LogP contribution in [0.5, 0.6) is 23.0 Å². The van der Waals surface area contributed by atoms with E-state index in [9.17, 15) is 24.5 Å². The SMILES string of the molecule is COc1cc([N+](=O)[O-])ccc1COC(=O)Nc1ccc(COC(=O)Nc2cc3c(c4ccccc24)C(CCl)CN3C(=O)c2cc3cc(OC)c(OC)c(OC)c3[nH]2)cc1. The molecule has 0 spiro atoms. The highest BCUT2D eigenvalue weighted by molar-refractivity contribution is 6.20. The number of nitrogens with one attached hydrogen (secondary N) is 3. The molecule has 304 valence electrons. The molecule has 0 radical (unpaired) electrons. The van der Waals surface area contributed by atoms with Gasteiger partial charge >= 0.3 is 12.2 Å². The summed E-state index contributed by atoms with van der Waals surface area (Å²) in [5, 5.41) is 18.8. The lowest BCUT2D eigenvalue weighted by Gasteiger charge is -2.19. The molecule has 0 aliphatic carbocycles. The van der Waals surface area contributed by atoms with Gasteiger partial charge in [-0.05, 0) is 52.9 Å². The molecule has 16 nitrogen and oxygen atoms in total. The van der Waals surface area contributed by atoms with E-state index in [2.05, 4.69) is 15.6 Å². The van der Waals surface area contributed by atoms with Crippen LogP contribution in [0.1, 0.15) is 33.1 Å². The summed E-state index contributed by atoms with van der Waals surface area (Å²) in [5.41, 5.74) is 4.16. The molecule has 5 aromatic carbocycles. The van der Waals surface area contributed by atoms with Gasteiger partial charge in [-0.15, -0.1) is 11.6 Å². The number of amides is 3. The number of nitro groups is 1. The molecule has 17 heteroatoms. The molecule has 0 saturated carbocycles. The molecule has 1 aromatic heterocycles. The van der Waals surface area contributed by atoms with Crippen LogP contribution in [0.15, 0.2) is 84.9 Å². The predicted molar refractivity (Wildman–Crippen MR) is 221 cm³/mol. The Morgan fingerprint density at radius 1 is 0.814 bits per heavy atom. The van der Waals surface area contributed by atoms with Crippen molar-refractivity contribution in [1.82, 2.24) is 4.98 Å². The van der Waals surface area contributed by atoms with Crippen molar-refractivity contribution >= 4 is 74.1 Å². The zero-order valence-corrected chi connectivity index (χ0v) is 33.0. The summed E-state index contributed by atoms with van der Waals surface area (Å²) in [6.45, 7) is 0.0461. The van der Waals surface area contributed by atoms with E-state index in [0.29, 0.717) is 68.6 Å². The number of benzene rings is 5. The lowest BCUT2D eigenvalue weighted by atomic mass is 9.95. The number of hydrogen-bond acceptors (Lipinski definition) is 11. The number of ether oxygens (including phenoxy) is 6. The number of hydrogen-bond donors (Lipinski definition) is 3. The third-order valence-electron chi connectivity index (χ3n) is 9.90. The van der Waals surface area contributed by atoms with Crippen LogP contribution in [0.25, 0.3) is 21.7 Å². The number of methoxy groups -OCH3 is 4. The summed E-state index contributed by atoms with van der Waals surface area (Å²) in [4.78, 5) is 55.4. The summed E-state index contributed by atoms with van der Waals surface area (Å²) in [5.74, 6) is 1.22. The van der Waals surface area contributed by atoms with Crippen LogP contribution in [-0.2, 0) is 22.7 Å². The number of rotatable bonds is 13. The zero-order chi connectivity index (χ0) is 41.8. The second-order valence-corrected chi connectivity index (χ2v) is 13.6. The van der Waals surface area contributed by atoms with E-state index < -0.39 is 17.1 Å². The first-order valence-electron chi connectivity index (χ1n) is 18.1. The summed E-state index contributed by atoms with van der Waals surface area (Å²) in [6.07, 6.45) is -1.48. The van der Waals surface area contributed by atoms with Gasteiger partial charge in [0.25, 0.3) is 11.6 Å². The van der Waals surface area contributed by atoms with Crippen LogP contribution in [0, 0.1) is 10.1 Å². The van der Waals surface area contributed by atoms with Crippen LogP contribution in [-0.4, -0.2) is 68.9 Å². The molecule has 1 atom stereocenters. The highest BCUT2D eigenvalue weighted by atomic mass is 35.5. The third-order valence-corrected chi connectivity index (χ3v) is 10.3. The molecule has 2 heterocycles. The van der Waals surface area contributed by atoms with Crippen molar-refractivity contribution in [2.45, 2.75) is 19.1 Å². The van der Waals surface area contributed by atoms with Gasteiger partial charge in [-0.1, -0.05) is 36.4 Å². The number of halogens is 1. The monoisotopic (exact) mass is 823 g/mol. The molecular formula is C42H38ClN5O11. The van der Waals surface area contributed by atoms with Gasteiger partial charge in [-0.3, -0.25) is 25.5 Å². The fourth-order valence-electron chi connectivity index (χ4n) is 7.11. The first-order chi connectivity index (χ1) is 28.6. The van der Waals surface area contributed by atoms with Crippen molar-refractivity contribution in [3.05, 3.63) is 117 Å². The van der Waals surface area contributed by atoms with Crippen LogP contribution in [0.3, 0.4) is 0 Å². The van der Waals surface area contributed by atoms with Crippen molar-refractivity contribution in [3.63, 3.8) is 0 Å². The predicted octanol–water partition coefficient (Wildman–Crippen LogP) is 8.74. The Hall–Kier alpha value is -7.20. The number of fused-ring (bicyclic) bond motifs is 4. The third kappa shape index (κ3) is 8.02. The number of carbonyl (C=O) groups is 3. The lowest BCUT2D eigenvalue weighted by Crippen LogP contribution is -2.30. The average Bonchev–Trinajstić information content (AvgIpc) is 3.86. The standard InChI is InChI=1S/C42H38ClN5O11/c1-54-34-17-28(48(52)53)14-11-24(34)22-59-41(50)44-27-12-9-23(10-13-27)21-58-42(51)46-31-18-33-36(30-8-6-5-7-29(30)31)26(19-43)20-47(33)40(49)32-15-25-16-35(55-2)38(56-3)39(57-4)37(25)45-32/h5-18,26,45H,19-22H2,1-4H3,(H,44,50)(H,46,51). The van der Waals surface area contributed by atoms with E-state index in [1.807, 2.05) is 24.3 Å². The van der Waals surface area contributed by atoms with Crippen LogP contribution >= 0.6 is 11.6 Å². The van der Waals surface area contributed by atoms with Crippen LogP contribution < -0.4 is 34.5 Å². The Morgan fingerprint density at radius 2 is 1.51 bits per heavy atom. The highest BCUT2D eigenvalue weighted by Crippen LogP contribution is 2.47. The lowest BCUT2D eigenvalue weighted by molar-refractivity contribution is -0.384. The largest absolute Gasteiger partial charge is 0.496 e. The second-order valence-electron chi connectivity index (χ2n) is 13.3. The van der Waals surface area contributed by atoms with E-state index >= 15 is 0 Å². The topological polar surface area (TPSA) is 193 Å². The Labute approximate surface area is 342 Å². The molecule has 0 saturated heterocycles. The first-order valence-corrected chi connectivity index (χ1v) is 18.6. The number of nitrogens with zero attached hydrogens (tertiary/aromatic N) is 2. The van der Waals surface area contributed by atoms with Gasteiger partial charge in [0.1, 0.15) is 24.7 Å². The Balaban J connectivity index is 1.04. The molecule has 3 amide bonds. The van der Waals surface area contributed by atoms with Crippen LogP contribution in [0.4, 0.5) is 32.3 Å². The number of H-pyrrole nitrogens is 1. The maximum absolute atomic E-state index is 14.3. The minimum absolute atomic E-state index is 0.0856. The first kappa shape index (κ1) is 40.0. The number of non-ortho nitro benzene ring substituents is 1. The van der Waals surface area contributed by atoms with Crippen molar-refractivity contribution in [2.24, 2.45) is 0 Å². The minimum atomic E-state index is -0.754. The Bertz CT molecular complexity index is 2600. The van der Waals surface area contributed by atoms with Gasteiger partial charge in [0.2, 0.25) is 5.75 Å². The fraction of sp³-hybridized carbons (Fsp3) is 0.214. The summed E-state index contributed by atoms with van der Waals surface area (Å²) in [6, 6.07) is 23.4. The smallest absolute Gasteiger partial charge is 0.411 e. The molecule has 0 bridgehead atoms. The van der Waals surface area contributed by atoms with Crippen molar-refractivity contribution in [3.8, 4) is 23.0 Å². The number of aromatic amines is 1. The van der Waals surface area contributed by atoms with Gasteiger partial charge in [-0.25, -0.2) is 9.59 Å². The molecule has 1 aliphatic rings. The van der Waals surface area contributed by atoms with E-state index in [-0.39, 0.29) is 42.4 Å². The Kier molecular flexibility index (Phi) is 11.6. The molecule has 7 rings (SSSR count). The van der Waals surface area contributed by atoms with E-state index in [0.717, 1.165) is 16.3 Å². The normalized spacial score (nSPS) is 13.1. The van der Waals surface area contributed by atoms with E-state index in [1.54, 1.807) is 47.4 Å². The second kappa shape index (κ2) is 17.1. The van der Waals surface area contributed by atoms with E-state index in [1.165, 1.54) is 46.6 Å². The van der Waals surface area contributed by atoms with Gasteiger partial charge in [-0.2, -0.15) is 0 Å². The molecule has 3 N–H and O–H groups in total. The maximum atomic E-state index is 14.3. The molecular weight excluding hydrogens is 786 g/mol. The van der Waals surface area contributed by atoms with Crippen LogP contribution in [0.2, 0.25) is 0 Å². The van der Waals surface area contributed by atoms with Crippen molar-refractivity contribution in [1.29, 1.82) is 0 Å². The molecule has 59 heavy (non-hydrogen) atoms. The Morgan fingerprint density at radius 3 is 2.19 bits per heavy atom. The van der Waals surface area contributed by atoms with Gasteiger partial charge in [0.15, 0.2) is 11.5 Å². The quantitative estimate of drug-likeness (QED) is 0.0573. The molecule has 1 aliphatic heterocycles. The molecule has 1 unspecified atom stereocenters. The number of nitro benzene ring substituents is 1. The van der Waals surface area contributed by atoms with Crippen molar-refractivity contribution < 1.29 is 47.7 Å². The minimum Gasteiger partial charge on any atom is -0.496 e. The van der Waals surface area contributed by atoms with Gasteiger partial charge in [0.05, 0.1) is 56.3 Å². The molecule has 0 fully saturated rings. The van der Waals surface area contributed by atoms with Crippen molar-refractivity contribution in [2.75, 3.05) is 56.4 Å². The average molecular weight is 824 g/mol. The molecule has 6 aromatic rings.